The van der Waals surface area contributed by atoms with Gasteiger partial charge in [0.1, 0.15) is 11.6 Å². The van der Waals surface area contributed by atoms with E-state index in [1.807, 2.05) is 0 Å². The van der Waals surface area contributed by atoms with E-state index in [1.165, 1.54) is 12.8 Å². The molecule has 6 heteroatoms. The molecule has 1 aliphatic rings. The molecule has 0 amide bonds. The van der Waals surface area contributed by atoms with Gasteiger partial charge in [-0.1, -0.05) is 23.2 Å². The van der Waals surface area contributed by atoms with Crippen LogP contribution in [0.1, 0.15) is 19.8 Å². The Morgan fingerprint density at radius 2 is 2.15 bits per heavy atom. The predicted octanol–water partition coefficient (Wildman–Crippen LogP) is 3.68. The van der Waals surface area contributed by atoms with Crippen LogP contribution in [0.2, 0.25) is 10.0 Å². The molecule has 20 heavy (non-hydrogen) atoms. The number of nitrogens with zero attached hydrogens (tertiary/aromatic N) is 2. The van der Waals surface area contributed by atoms with Crippen LogP contribution >= 0.6 is 23.2 Å². The third-order valence-corrected chi connectivity index (χ3v) is 4.32. The van der Waals surface area contributed by atoms with Crippen molar-refractivity contribution in [3.05, 3.63) is 16.1 Å². The summed E-state index contributed by atoms with van der Waals surface area (Å²) in [5, 5.41) is 4.11. The minimum absolute atomic E-state index is 0.404. The van der Waals surface area contributed by atoms with E-state index in [0.29, 0.717) is 28.5 Å². The maximum atomic E-state index is 6.34. The second kappa shape index (κ2) is 6.83. The van der Waals surface area contributed by atoms with Gasteiger partial charge in [-0.05, 0) is 31.7 Å². The fourth-order valence-electron chi connectivity index (χ4n) is 2.36. The van der Waals surface area contributed by atoms with E-state index in [2.05, 4.69) is 22.1 Å². The molecule has 0 bridgehead atoms. The highest BCUT2D eigenvalue weighted by atomic mass is 35.5. The van der Waals surface area contributed by atoms with Crippen molar-refractivity contribution in [2.24, 2.45) is 5.92 Å². The topological polar surface area (TPSA) is 37.4 Å². The summed E-state index contributed by atoms with van der Waals surface area (Å²) in [6.07, 6.45) is 2.55. The van der Waals surface area contributed by atoms with Gasteiger partial charge in [0.2, 0.25) is 0 Å². The van der Waals surface area contributed by atoms with Crippen LogP contribution in [0.25, 0.3) is 0 Å². The number of ether oxygens (including phenoxy) is 1. The van der Waals surface area contributed by atoms with Crippen molar-refractivity contribution < 1.29 is 4.74 Å². The van der Waals surface area contributed by atoms with E-state index in [0.717, 1.165) is 18.3 Å². The third kappa shape index (κ3) is 3.48. The molecule has 1 aromatic heterocycles. The van der Waals surface area contributed by atoms with Gasteiger partial charge in [0.25, 0.3) is 0 Å². The number of hydrogen-bond acceptors (Lipinski definition) is 4. The summed E-state index contributed by atoms with van der Waals surface area (Å²) in [4.78, 5) is 6.79. The van der Waals surface area contributed by atoms with Crippen molar-refractivity contribution in [3.8, 4) is 0 Å². The summed E-state index contributed by atoms with van der Waals surface area (Å²) < 4.78 is 5.21. The Bertz CT molecular complexity index is 466. The molecule has 2 rings (SSSR count). The summed E-state index contributed by atoms with van der Waals surface area (Å²) >= 11 is 12.5. The average molecular weight is 318 g/mol. The lowest BCUT2D eigenvalue weighted by molar-refractivity contribution is 0.202. The van der Waals surface area contributed by atoms with Gasteiger partial charge in [0.15, 0.2) is 0 Å². The summed E-state index contributed by atoms with van der Waals surface area (Å²) in [6, 6.07) is 2.15. The Morgan fingerprint density at radius 1 is 1.45 bits per heavy atom. The summed E-state index contributed by atoms with van der Waals surface area (Å²) in [6.45, 7) is 3.64. The highest BCUT2D eigenvalue weighted by Gasteiger charge is 2.33. The van der Waals surface area contributed by atoms with E-state index < -0.39 is 0 Å². The molecule has 1 saturated carbocycles. The lowest BCUT2D eigenvalue weighted by Gasteiger charge is -2.31. The van der Waals surface area contributed by atoms with Gasteiger partial charge in [-0.15, -0.1) is 0 Å². The van der Waals surface area contributed by atoms with E-state index in [9.17, 15) is 0 Å². The first-order valence-corrected chi connectivity index (χ1v) is 7.63. The molecule has 1 fully saturated rings. The molecule has 1 atom stereocenters. The number of methoxy groups -OCH3 is 1. The smallest absolute Gasteiger partial charge is 0.150 e. The van der Waals surface area contributed by atoms with Crippen LogP contribution < -0.4 is 10.2 Å². The number of rotatable bonds is 7. The van der Waals surface area contributed by atoms with E-state index in [1.54, 1.807) is 20.2 Å². The van der Waals surface area contributed by atoms with Gasteiger partial charge < -0.3 is 15.0 Å². The second-order valence-electron chi connectivity index (χ2n) is 5.14. The van der Waals surface area contributed by atoms with Crippen LogP contribution in [0.15, 0.2) is 6.07 Å². The van der Waals surface area contributed by atoms with Crippen LogP contribution in [0.5, 0.6) is 0 Å². The zero-order chi connectivity index (χ0) is 14.7. The lowest BCUT2D eigenvalue weighted by atomic mass is 10.2. The zero-order valence-electron chi connectivity index (χ0n) is 12.1. The Balaban J connectivity index is 2.31. The van der Waals surface area contributed by atoms with Gasteiger partial charge in [0, 0.05) is 26.7 Å². The molecule has 1 aromatic rings. The molecular formula is C14H21Cl2N3O. The maximum absolute atomic E-state index is 6.34. The number of pyridine rings is 1. The number of anilines is 2. The average Bonchev–Trinajstić information content (AvgIpc) is 3.25. The van der Waals surface area contributed by atoms with E-state index in [-0.39, 0.29) is 0 Å². The van der Waals surface area contributed by atoms with Crippen LogP contribution in [-0.4, -0.2) is 38.3 Å². The number of hydrogen-bond donors (Lipinski definition) is 1. The normalized spacial score (nSPS) is 16.1. The highest BCUT2D eigenvalue weighted by Crippen LogP contribution is 2.39. The number of halogens is 2. The summed E-state index contributed by atoms with van der Waals surface area (Å²) in [5.41, 5.74) is 0. The molecule has 1 unspecified atom stereocenters. The molecule has 1 N–H and O–H groups in total. The first-order chi connectivity index (χ1) is 9.58. The van der Waals surface area contributed by atoms with Gasteiger partial charge in [-0.3, -0.25) is 0 Å². The molecule has 4 nitrogen and oxygen atoms in total. The van der Waals surface area contributed by atoms with Crippen molar-refractivity contribution in [2.45, 2.75) is 25.8 Å². The molecule has 0 aromatic carbocycles. The monoisotopic (exact) mass is 317 g/mol. The van der Waals surface area contributed by atoms with Crippen molar-refractivity contribution in [2.75, 3.05) is 37.5 Å². The van der Waals surface area contributed by atoms with Crippen molar-refractivity contribution in [1.82, 2.24) is 4.98 Å². The lowest BCUT2D eigenvalue weighted by Crippen LogP contribution is -2.38. The Labute approximate surface area is 130 Å². The fourth-order valence-corrected chi connectivity index (χ4v) is 2.92. The molecule has 0 radical (unpaired) electrons. The van der Waals surface area contributed by atoms with E-state index >= 15 is 0 Å². The Kier molecular flexibility index (Phi) is 5.35. The second-order valence-corrected chi connectivity index (χ2v) is 5.95. The van der Waals surface area contributed by atoms with Gasteiger partial charge in [0.05, 0.1) is 16.7 Å². The van der Waals surface area contributed by atoms with Crippen LogP contribution in [0.3, 0.4) is 0 Å². The molecule has 0 saturated heterocycles. The molecule has 1 aliphatic carbocycles. The van der Waals surface area contributed by atoms with Crippen LogP contribution in [0.4, 0.5) is 11.6 Å². The minimum Gasteiger partial charge on any atom is -0.383 e. The fraction of sp³-hybridized carbons (Fsp3) is 0.643. The minimum atomic E-state index is 0.404. The van der Waals surface area contributed by atoms with Gasteiger partial charge >= 0.3 is 0 Å². The van der Waals surface area contributed by atoms with Crippen LogP contribution in [0, 0.1) is 5.92 Å². The third-order valence-electron chi connectivity index (χ3n) is 3.75. The standard InChI is InChI=1S/C14H21Cl2N3O/c1-9(10-4-5-10)19(6-7-20-3)14-12(16)8-11(15)13(17-2)18-14/h8-10H,4-7H2,1-3H3,(H,17,18). The molecule has 1 heterocycles. The molecule has 0 spiro atoms. The largest absolute Gasteiger partial charge is 0.383 e. The molecular weight excluding hydrogens is 297 g/mol. The van der Waals surface area contributed by atoms with Gasteiger partial charge in [-0.2, -0.15) is 0 Å². The maximum Gasteiger partial charge on any atom is 0.150 e. The number of nitrogens with one attached hydrogen (secondary N) is 1. The quantitative estimate of drug-likeness (QED) is 0.832. The van der Waals surface area contributed by atoms with Crippen molar-refractivity contribution in [3.63, 3.8) is 0 Å². The van der Waals surface area contributed by atoms with Crippen molar-refractivity contribution >= 4 is 34.8 Å². The summed E-state index contributed by atoms with van der Waals surface area (Å²) in [5.74, 6) is 2.15. The zero-order valence-corrected chi connectivity index (χ0v) is 13.6. The Hall–Kier alpha value is -0.710. The Morgan fingerprint density at radius 3 is 2.70 bits per heavy atom. The summed E-state index contributed by atoms with van der Waals surface area (Å²) in [7, 11) is 3.51. The van der Waals surface area contributed by atoms with E-state index in [4.69, 9.17) is 27.9 Å². The highest BCUT2D eigenvalue weighted by molar-refractivity contribution is 6.37. The van der Waals surface area contributed by atoms with Gasteiger partial charge in [-0.25, -0.2) is 4.98 Å². The first kappa shape index (κ1) is 15.7. The molecule has 112 valence electrons. The van der Waals surface area contributed by atoms with Crippen molar-refractivity contribution in [1.29, 1.82) is 0 Å². The first-order valence-electron chi connectivity index (χ1n) is 6.87. The predicted molar refractivity (Wildman–Crippen MR) is 85.2 cm³/mol. The number of aromatic nitrogens is 1. The SMILES string of the molecule is CNc1nc(N(CCOC)C(C)C2CC2)c(Cl)cc1Cl. The molecule has 0 aliphatic heterocycles. The van der Waals surface area contributed by atoms with Crippen LogP contribution in [-0.2, 0) is 4.74 Å².